The molecule has 4 rings (SSSR count). The summed E-state index contributed by atoms with van der Waals surface area (Å²) in [6.07, 6.45) is 1.66. The third-order valence-corrected chi connectivity index (χ3v) is 6.36. The lowest BCUT2D eigenvalue weighted by atomic mass is 10.1. The van der Waals surface area contributed by atoms with Crippen molar-refractivity contribution in [3.63, 3.8) is 0 Å². The molecule has 0 N–H and O–H groups in total. The molecule has 0 unspecified atom stereocenters. The van der Waals surface area contributed by atoms with E-state index in [1.54, 1.807) is 6.26 Å². The summed E-state index contributed by atoms with van der Waals surface area (Å²) < 4.78 is 14.8. The SMILES string of the molecule is CCOC(=O)[C@H]1CN(Cc2ccco2)C[C@H]2CN(C(=O)c3nnsc3C)CCN2C1. The first-order valence-corrected chi connectivity index (χ1v) is 11.1. The van der Waals surface area contributed by atoms with Crippen molar-refractivity contribution in [2.24, 2.45) is 5.92 Å². The van der Waals surface area contributed by atoms with Crippen molar-refractivity contribution in [1.82, 2.24) is 24.3 Å². The van der Waals surface area contributed by atoms with E-state index in [2.05, 4.69) is 19.4 Å². The van der Waals surface area contributed by atoms with Crippen molar-refractivity contribution in [3.05, 3.63) is 34.7 Å². The highest BCUT2D eigenvalue weighted by molar-refractivity contribution is 7.05. The highest BCUT2D eigenvalue weighted by atomic mass is 32.1. The highest BCUT2D eigenvalue weighted by Gasteiger charge is 2.38. The molecule has 2 fully saturated rings. The van der Waals surface area contributed by atoms with Crippen LogP contribution in [0.4, 0.5) is 0 Å². The number of furan rings is 1. The number of rotatable bonds is 5. The van der Waals surface area contributed by atoms with Crippen LogP contribution in [0, 0.1) is 12.8 Å². The van der Waals surface area contributed by atoms with Crippen LogP contribution in [0.15, 0.2) is 22.8 Å². The molecule has 2 aromatic heterocycles. The second-order valence-corrected chi connectivity index (χ2v) is 8.76. The van der Waals surface area contributed by atoms with E-state index in [4.69, 9.17) is 9.15 Å². The molecule has 10 heteroatoms. The van der Waals surface area contributed by atoms with Crippen LogP contribution >= 0.6 is 11.5 Å². The number of fused-ring (bicyclic) bond motifs is 1. The van der Waals surface area contributed by atoms with Crippen molar-refractivity contribution in [2.45, 2.75) is 26.4 Å². The molecule has 1 amide bonds. The van der Waals surface area contributed by atoms with Crippen LogP contribution in [0.1, 0.15) is 28.0 Å². The van der Waals surface area contributed by atoms with Crippen LogP contribution in [-0.4, -0.2) is 88.1 Å². The summed E-state index contributed by atoms with van der Waals surface area (Å²) in [5.41, 5.74) is 0.443. The van der Waals surface area contributed by atoms with Gasteiger partial charge in [-0.2, -0.15) is 0 Å². The maximum Gasteiger partial charge on any atom is 0.311 e. The molecule has 9 nitrogen and oxygen atoms in total. The number of ether oxygens (including phenoxy) is 1. The number of amides is 1. The van der Waals surface area contributed by atoms with Crippen LogP contribution in [-0.2, 0) is 16.1 Å². The Hall–Kier alpha value is -2.30. The van der Waals surface area contributed by atoms with Gasteiger partial charge in [-0.05, 0) is 37.5 Å². The molecule has 2 atom stereocenters. The molecule has 2 aliphatic heterocycles. The van der Waals surface area contributed by atoms with Gasteiger partial charge in [0.1, 0.15) is 5.76 Å². The Bertz CT molecular complexity index is 870. The van der Waals surface area contributed by atoms with E-state index in [0.717, 1.165) is 23.7 Å². The average Bonchev–Trinajstić information content (AvgIpc) is 3.35. The van der Waals surface area contributed by atoms with Crippen LogP contribution in [0.25, 0.3) is 0 Å². The fraction of sp³-hybridized carbons (Fsp3) is 0.600. The van der Waals surface area contributed by atoms with Crippen LogP contribution < -0.4 is 0 Å². The Morgan fingerprint density at radius 3 is 2.83 bits per heavy atom. The van der Waals surface area contributed by atoms with Gasteiger partial charge in [0.25, 0.3) is 5.91 Å². The quantitative estimate of drug-likeness (QED) is 0.651. The number of piperazine rings is 1. The molecule has 4 heterocycles. The minimum atomic E-state index is -0.225. The van der Waals surface area contributed by atoms with E-state index in [0.29, 0.717) is 45.0 Å². The van der Waals surface area contributed by atoms with Crippen molar-refractivity contribution in [2.75, 3.05) is 45.9 Å². The molecule has 0 aliphatic carbocycles. The lowest BCUT2D eigenvalue weighted by molar-refractivity contribution is -0.149. The predicted octanol–water partition coefficient (Wildman–Crippen LogP) is 1.26. The smallest absolute Gasteiger partial charge is 0.311 e. The number of aromatic nitrogens is 2. The zero-order chi connectivity index (χ0) is 21.1. The predicted molar refractivity (Wildman–Crippen MR) is 110 cm³/mol. The molecule has 2 saturated heterocycles. The summed E-state index contributed by atoms with van der Waals surface area (Å²) in [4.78, 5) is 32.8. The first-order chi connectivity index (χ1) is 14.5. The Labute approximate surface area is 179 Å². The summed E-state index contributed by atoms with van der Waals surface area (Å²) in [5, 5.41) is 4.01. The summed E-state index contributed by atoms with van der Waals surface area (Å²) >= 11 is 1.24. The molecule has 0 spiro atoms. The standard InChI is InChI=1S/C20H27N5O4S/c1-3-28-20(27)15-9-23(13-17-5-4-8-29-17)11-16-12-25(7-6-24(16)10-15)19(26)18-14(2)30-22-21-18/h4-5,8,15-16H,3,6-7,9-13H2,1-2H3/t15-,16-/m0/s1. The Kier molecular flexibility index (Phi) is 6.45. The molecule has 2 aromatic rings. The number of carbonyl (C=O) groups excluding carboxylic acids is 2. The molecule has 0 radical (unpaired) electrons. The van der Waals surface area contributed by atoms with Crippen molar-refractivity contribution >= 4 is 23.4 Å². The Morgan fingerprint density at radius 1 is 1.27 bits per heavy atom. The maximum atomic E-state index is 12.9. The summed E-state index contributed by atoms with van der Waals surface area (Å²) in [6, 6.07) is 3.94. The third-order valence-electron chi connectivity index (χ3n) is 5.73. The lowest BCUT2D eigenvalue weighted by Crippen LogP contribution is -2.57. The molecule has 162 valence electrons. The summed E-state index contributed by atoms with van der Waals surface area (Å²) in [5.74, 6) is 0.408. The molecular weight excluding hydrogens is 406 g/mol. The van der Waals surface area contributed by atoms with Gasteiger partial charge in [0.15, 0.2) is 5.69 Å². The van der Waals surface area contributed by atoms with Crippen LogP contribution in [0.3, 0.4) is 0 Å². The number of esters is 1. The van der Waals surface area contributed by atoms with Gasteiger partial charge in [-0.1, -0.05) is 4.49 Å². The zero-order valence-corrected chi connectivity index (χ0v) is 18.1. The number of hydrogen-bond donors (Lipinski definition) is 0. The van der Waals surface area contributed by atoms with Crippen molar-refractivity contribution in [1.29, 1.82) is 0 Å². The number of hydrogen-bond acceptors (Lipinski definition) is 9. The normalized spacial score (nSPS) is 23.1. The van der Waals surface area contributed by atoms with Gasteiger partial charge in [0.05, 0.1) is 30.2 Å². The molecule has 30 heavy (non-hydrogen) atoms. The van der Waals surface area contributed by atoms with Gasteiger partial charge >= 0.3 is 5.97 Å². The van der Waals surface area contributed by atoms with Gasteiger partial charge in [-0.25, -0.2) is 0 Å². The maximum absolute atomic E-state index is 12.9. The van der Waals surface area contributed by atoms with Crippen LogP contribution in [0.5, 0.6) is 0 Å². The topological polar surface area (TPSA) is 92.0 Å². The zero-order valence-electron chi connectivity index (χ0n) is 17.3. The fourth-order valence-electron chi connectivity index (χ4n) is 4.26. The van der Waals surface area contributed by atoms with E-state index in [1.165, 1.54) is 11.5 Å². The Morgan fingerprint density at radius 2 is 2.13 bits per heavy atom. The molecule has 0 bridgehead atoms. The van der Waals surface area contributed by atoms with Gasteiger partial charge in [0, 0.05) is 45.3 Å². The van der Waals surface area contributed by atoms with Gasteiger partial charge in [0.2, 0.25) is 0 Å². The fourth-order valence-corrected chi connectivity index (χ4v) is 4.72. The second-order valence-electron chi connectivity index (χ2n) is 7.80. The summed E-state index contributed by atoms with van der Waals surface area (Å²) in [7, 11) is 0. The molecule has 2 aliphatic rings. The third kappa shape index (κ3) is 4.55. The average molecular weight is 434 g/mol. The van der Waals surface area contributed by atoms with E-state index in [-0.39, 0.29) is 23.8 Å². The number of aryl methyl sites for hydroxylation is 1. The second kappa shape index (κ2) is 9.23. The largest absolute Gasteiger partial charge is 0.468 e. The first kappa shape index (κ1) is 21.0. The van der Waals surface area contributed by atoms with Crippen molar-refractivity contribution in [3.8, 4) is 0 Å². The monoisotopic (exact) mass is 433 g/mol. The molecule has 0 saturated carbocycles. The van der Waals surface area contributed by atoms with E-state index >= 15 is 0 Å². The minimum Gasteiger partial charge on any atom is -0.468 e. The van der Waals surface area contributed by atoms with Gasteiger partial charge in [-0.3, -0.25) is 19.4 Å². The number of nitrogens with zero attached hydrogens (tertiary/aromatic N) is 5. The highest BCUT2D eigenvalue weighted by Crippen LogP contribution is 2.23. The van der Waals surface area contributed by atoms with E-state index in [1.807, 2.05) is 30.9 Å². The van der Waals surface area contributed by atoms with Crippen molar-refractivity contribution < 1.29 is 18.7 Å². The minimum absolute atomic E-state index is 0.0651. The van der Waals surface area contributed by atoms with E-state index < -0.39 is 0 Å². The number of carbonyl (C=O) groups is 2. The van der Waals surface area contributed by atoms with E-state index in [9.17, 15) is 9.59 Å². The first-order valence-electron chi connectivity index (χ1n) is 10.3. The molecular formula is C20H27N5O4S. The van der Waals surface area contributed by atoms with Crippen LogP contribution in [0.2, 0.25) is 0 Å². The molecule has 0 aromatic carbocycles. The Balaban J connectivity index is 1.50. The summed E-state index contributed by atoms with van der Waals surface area (Å²) in [6.45, 7) is 8.61. The van der Waals surface area contributed by atoms with Gasteiger partial charge < -0.3 is 14.1 Å². The lowest BCUT2D eigenvalue weighted by Gasteiger charge is -2.41. The van der Waals surface area contributed by atoms with Gasteiger partial charge in [-0.15, -0.1) is 5.10 Å².